The first kappa shape index (κ1) is 14.6. The van der Waals surface area contributed by atoms with Gasteiger partial charge in [0.05, 0.1) is 11.5 Å². The van der Waals surface area contributed by atoms with Crippen molar-refractivity contribution >= 4 is 0 Å². The van der Waals surface area contributed by atoms with Gasteiger partial charge in [0, 0.05) is 0 Å². The first-order valence-electron chi connectivity index (χ1n) is 6.20. The molecule has 0 spiro atoms. The predicted molar refractivity (Wildman–Crippen MR) is 69.3 cm³/mol. The summed E-state index contributed by atoms with van der Waals surface area (Å²) in [5.41, 5.74) is 5.17. The van der Waals surface area contributed by atoms with Gasteiger partial charge in [0.25, 0.3) is 0 Å². The number of hydrogen-bond acceptors (Lipinski definition) is 6. The molecule has 0 amide bonds. The number of ether oxygens (including phenoxy) is 1. The van der Waals surface area contributed by atoms with E-state index in [1.54, 1.807) is 6.07 Å². The molecule has 3 N–H and O–H groups in total. The van der Waals surface area contributed by atoms with Crippen LogP contribution < -0.4 is 10.5 Å². The molecule has 116 valence electrons. The molecule has 2 heterocycles. The fourth-order valence-electron chi connectivity index (χ4n) is 2.35. The average Bonchev–Trinajstić information content (AvgIpc) is 2.51. The van der Waals surface area contributed by atoms with Gasteiger partial charge in [0.15, 0.2) is 17.5 Å². The smallest absolute Gasteiger partial charge is 0.232 e. The SMILES string of the molecule is N#CC1=C(N)Oc2ncnc(O)c2C1c1cc(F)c(F)c(F)c1. The Hall–Kier alpha value is -3.28. The summed E-state index contributed by atoms with van der Waals surface area (Å²) in [5.74, 6) is -6.79. The number of aromatic hydroxyl groups is 1. The highest BCUT2D eigenvalue weighted by Crippen LogP contribution is 2.44. The van der Waals surface area contributed by atoms with Gasteiger partial charge in [-0.15, -0.1) is 0 Å². The Labute approximate surface area is 127 Å². The van der Waals surface area contributed by atoms with E-state index >= 15 is 0 Å². The number of rotatable bonds is 1. The zero-order valence-corrected chi connectivity index (χ0v) is 11.2. The van der Waals surface area contributed by atoms with Crippen LogP contribution in [0.25, 0.3) is 0 Å². The van der Waals surface area contributed by atoms with Crippen LogP contribution in [0.5, 0.6) is 11.8 Å². The van der Waals surface area contributed by atoms with Crippen molar-refractivity contribution in [2.45, 2.75) is 5.92 Å². The fraction of sp³-hybridized carbons (Fsp3) is 0.0714. The monoisotopic (exact) mass is 320 g/mol. The van der Waals surface area contributed by atoms with E-state index in [1.807, 2.05) is 0 Å². The standard InChI is InChI=1S/C14H7F3N4O2/c15-7-1-5(2-8(16)11(7)17)9-6(3-18)12(19)23-14-10(9)13(22)20-4-21-14/h1-2,4,9H,19H2,(H,20,21,22). The van der Waals surface area contributed by atoms with Crippen molar-refractivity contribution in [2.75, 3.05) is 0 Å². The highest BCUT2D eigenvalue weighted by Gasteiger charge is 2.35. The van der Waals surface area contributed by atoms with Crippen LogP contribution in [0.15, 0.2) is 29.9 Å². The fourth-order valence-corrected chi connectivity index (χ4v) is 2.35. The number of nitrogens with two attached hydrogens (primary N) is 1. The number of halogens is 3. The summed E-state index contributed by atoms with van der Waals surface area (Å²) < 4.78 is 45.3. The summed E-state index contributed by atoms with van der Waals surface area (Å²) in [7, 11) is 0. The number of hydrogen-bond donors (Lipinski definition) is 2. The third-order valence-electron chi connectivity index (χ3n) is 3.34. The number of benzene rings is 1. The molecule has 1 aliphatic rings. The van der Waals surface area contributed by atoms with E-state index in [0.717, 1.165) is 6.33 Å². The molecule has 2 aromatic rings. The molecule has 0 saturated carbocycles. The Bertz CT molecular complexity index is 869. The predicted octanol–water partition coefficient (Wildman–Crippen LogP) is 1.82. The summed E-state index contributed by atoms with van der Waals surface area (Å²) in [5, 5.41) is 19.2. The van der Waals surface area contributed by atoms with Gasteiger partial charge in [0.2, 0.25) is 17.6 Å². The Morgan fingerprint density at radius 2 is 1.87 bits per heavy atom. The quantitative estimate of drug-likeness (QED) is 0.777. The molecular weight excluding hydrogens is 313 g/mol. The lowest BCUT2D eigenvalue weighted by molar-refractivity contribution is 0.360. The second kappa shape index (κ2) is 5.17. The van der Waals surface area contributed by atoms with Crippen molar-refractivity contribution in [3.8, 4) is 17.8 Å². The molecule has 0 fully saturated rings. The van der Waals surface area contributed by atoms with E-state index in [-0.39, 0.29) is 28.5 Å². The minimum atomic E-state index is -1.65. The number of aromatic nitrogens is 2. The molecule has 1 unspecified atom stereocenters. The van der Waals surface area contributed by atoms with Gasteiger partial charge in [-0.2, -0.15) is 5.26 Å². The van der Waals surface area contributed by atoms with Crippen LogP contribution >= 0.6 is 0 Å². The van der Waals surface area contributed by atoms with Crippen LogP contribution in [0.4, 0.5) is 13.2 Å². The first-order chi connectivity index (χ1) is 10.9. The molecule has 9 heteroatoms. The van der Waals surface area contributed by atoms with E-state index in [0.29, 0.717) is 12.1 Å². The zero-order chi connectivity index (χ0) is 16.7. The van der Waals surface area contributed by atoms with Gasteiger partial charge in [0.1, 0.15) is 18.0 Å². The van der Waals surface area contributed by atoms with Gasteiger partial charge < -0.3 is 15.6 Å². The summed E-state index contributed by atoms with van der Waals surface area (Å²) in [6, 6.07) is 3.16. The topological polar surface area (TPSA) is 105 Å². The van der Waals surface area contributed by atoms with E-state index in [1.165, 1.54) is 0 Å². The van der Waals surface area contributed by atoms with Crippen LogP contribution in [0.3, 0.4) is 0 Å². The lowest BCUT2D eigenvalue weighted by atomic mass is 9.85. The van der Waals surface area contributed by atoms with Crippen LogP contribution in [0.1, 0.15) is 17.0 Å². The maximum absolute atomic E-state index is 13.5. The summed E-state index contributed by atoms with van der Waals surface area (Å²) in [6.07, 6.45) is 0.988. The van der Waals surface area contributed by atoms with E-state index in [9.17, 15) is 23.5 Å². The third kappa shape index (κ3) is 2.20. The van der Waals surface area contributed by atoms with Crippen molar-refractivity contribution in [1.82, 2.24) is 9.97 Å². The first-order valence-corrected chi connectivity index (χ1v) is 6.20. The van der Waals surface area contributed by atoms with E-state index in [2.05, 4.69) is 9.97 Å². The van der Waals surface area contributed by atoms with Crippen molar-refractivity contribution in [3.63, 3.8) is 0 Å². The van der Waals surface area contributed by atoms with Gasteiger partial charge in [-0.05, 0) is 17.7 Å². The maximum Gasteiger partial charge on any atom is 0.232 e. The Morgan fingerprint density at radius 1 is 1.22 bits per heavy atom. The van der Waals surface area contributed by atoms with E-state index < -0.39 is 29.2 Å². The second-order valence-electron chi connectivity index (χ2n) is 4.64. The van der Waals surface area contributed by atoms with Crippen LogP contribution in [-0.2, 0) is 0 Å². The second-order valence-corrected chi connectivity index (χ2v) is 4.64. The van der Waals surface area contributed by atoms with Crippen molar-refractivity contribution in [2.24, 2.45) is 5.73 Å². The molecule has 0 saturated heterocycles. The number of nitrogens with zero attached hydrogens (tertiary/aromatic N) is 3. The van der Waals surface area contributed by atoms with Gasteiger partial charge in [-0.1, -0.05) is 0 Å². The molecule has 1 aromatic carbocycles. The zero-order valence-electron chi connectivity index (χ0n) is 11.2. The summed E-state index contributed by atoms with van der Waals surface area (Å²) >= 11 is 0. The third-order valence-corrected chi connectivity index (χ3v) is 3.34. The lowest BCUT2D eigenvalue weighted by Gasteiger charge is -2.25. The van der Waals surface area contributed by atoms with Crippen LogP contribution in [0, 0.1) is 28.8 Å². The minimum Gasteiger partial charge on any atom is -0.493 e. The van der Waals surface area contributed by atoms with E-state index in [4.69, 9.17) is 10.5 Å². The molecule has 6 nitrogen and oxygen atoms in total. The maximum atomic E-state index is 13.5. The van der Waals surface area contributed by atoms with Gasteiger partial charge in [-0.25, -0.2) is 23.1 Å². The Balaban J connectivity index is 2.31. The Kier molecular flexibility index (Phi) is 3.29. The molecule has 0 radical (unpaired) electrons. The van der Waals surface area contributed by atoms with Crippen LogP contribution in [0.2, 0.25) is 0 Å². The minimum absolute atomic E-state index is 0.0938. The van der Waals surface area contributed by atoms with Crippen molar-refractivity contribution < 1.29 is 23.0 Å². The molecule has 0 aliphatic carbocycles. The number of nitriles is 1. The summed E-state index contributed by atoms with van der Waals surface area (Å²) in [4.78, 5) is 7.31. The number of allylic oxidation sites excluding steroid dienone is 1. The highest BCUT2D eigenvalue weighted by molar-refractivity contribution is 5.56. The molecular formula is C14H7F3N4O2. The van der Waals surface area contributed by atoms with Gasteiger partial charge >= 0.3 is 0 Å². The number of fused-ring (bicyclic) bond motifs is 1. The molecule has 0 bridgehead atoms. The molecule has 3 rings (SSSR count). The normalized spacial score (nSPS) is 16.5. The van der Waals surface area contributed by atoms with Gasteiger partial charge in [-0.3, -0.25) is 0 Å². The molecule has 1 atom stereocenters. The molecule has 1 aliphatic heterocycles. The molecule has 23 heavy (non-hydrogen) atoms. The van der Waals surface area contributed by atoms with Crippen molar-refractivity contribution in [1.29, 1.82) is 5.26 Å². The van der Waals surface area contributed by atoms with Crippen molar-refractivity contribution in [3.05, 3.63) is 58.5 Å². The highest BCUT2D eigenvalue weighted by atomic mass is 19.2. The summed E-state index contributed by atoms with van der Waals surface area (Å²) in [6.45, 7) is 0. The largest absolute Gasteiger partial charge is 0.493 e. The van der Waals surface area contributed by atoms with Crippen LogP contribution in [-0.4, -0.2) is 15.1 Å². The molecule has 1 aromatic heterocycles. The average molecular weight is 320 g/mol. The Morgan fingerprint density at radius 3 is 2.48 bits per heavy atom. The lowest BCUT2D eigenvalue weighted by Crippen LogP contribution is -2.22.